The summed E-state index contributed by atoms with van der Waals surface area (Å²) in [7, 11) is 3.12. The molecule has 0 aliphatic heterocycles. The number of benzene rings is 1. The number of imidazole rings is 1. The van der Waals surface area contributed by atoms with Crippen LogP contribution < -0.4 is 9.47 Å². The van der Waals surface area contributed by atoms with E-state index in [1.807, 2.05) is 0 Å². The third kappa shape index (κ3) is 2.98. The van der Waals surface area contributed by atoms with E-state index in [0.29, 0.717) is 29.4 Å². The molecule has 1 aromatic heterocycles. The van der Waals surface area contributed by atoms with Crippen LogP contribution >= 0.6 is 0 Å². The van der Waals surface area contributed by atoms with Gasteiger partial charge < -0.3 is 19.1 Å². The van der Waals surface area contributed by atoms with E-state index in [2.05, 4.69) is 18.8 Å². The van der Waals surface area contributed by atoms with E-state index in [9.17, 15) is 9.90 Å². The molecule has 0 amide bonds. The third-order valence-electron chi connectivity index (χ3n) is 3.90. The minimum atomic E-state index is -1.11. The number of aromatic nitrogens is 2. The first-order valence-corrected chi connectivity index (χ1v) is 7.59. The number of carboxylic acid groups (broad SMARTS) is 1. The lowest BCUT2D eigenvalue weighted by molar-refractivity contribution is -0.145. The molecule has 0 saturated carbocycles. The van der Waals surface area contributed by atoms with Gasteiger partial charge in [0, 0.05) is 18.6 Å². The Morgan fingerprint density at radius 2 is 1.83 bits per heavy atom. The van der Waals surface area contributed by atoms with Crippen molar-refractivity contribution in [3.05, 3.63) is 18.0 Å². The van der Waals surface area contributed by atoms with Crippen LogP contribution in [0, 0.1) is 5.92 Å². The van der Waals surface area contributed by atoms with Gasteiger partial charge in [-0.2, -0.15) is 0 Å². The van der Waals surface area contributed by atoms with E-state index < -0.39 is 11.5 Å². The molecule has 1 heterocycles. The van der Waals surface area contributed by atoms with Gasteiger partial charge in [0.25, 0.3) is 0 Å². The second-order valence-electron chi connectivity index (χ2n) is 6.52. The summed E-state index contributed by atoms with van der Waals surface area (Å²) in [6, 6.07) is 3.57. The van der Waals surface area contributed by atoms with Crippen LogP contribution in [0.15, 0.2) is 12.1 Å². The Kier molecular flexibility index (Phi) is 4.54. The Morgan fingerprint density at radius 3 is 2.30 bits per heavy atom. The van der Waals surface area contributed by atoms with Crippen LogP contribution in [-0.4, -0.2) is 34.8 Å². The number of hydrogen-bond acceptors (Lipinski definition) is 4. The fourth-order valence-electron chi connectivity index (χ4n) is 2.68. The number of nitrogens with zero attached hydrogens (tertiary/aromatic N) is 2. The highest BCUT2D eigenvalue weighted by atomic mass is 16.5. The molecule has 0 bridgehead atoms. The molecular weight excluding hydrogens is 296 g/mol. The molecule has 0 spiro atoms. The number of fused-ring (bicyclic) bond motifs is 1. The highest BCUT2D eigenvalue weighted by Gasteiger charge is 2.34. The largest absolute Gasteiger partial charge is 0.493 e. The molecule has 0 aliphatic rings. The molecule has 2 rings (SSSR count). The molecule has 1 aromatic carbocycles. The molecule has 0 atom stereocenters. The number of methoxy groups -OCH3 is 2. The van der Waals surface area contributed by atoms with E-state index >= 15 is 0 Å². The zero-order chi connectivity index (χ0) is 17.4. The van der Waals surface area contributed by atoms with Crippen molar-refractivity contribution < 1.29 is 19.4 Å². The normalized spacial score (nSPS) is 12.0. The SMILES string of the molecule is COc1cc2nc(CC(C)C)n(C(C)(C)C(=O)O)c2cc1OC. The summed E-state index contributed by atoms with van der Waals surface area (Å²) in [6.07, 6.45) is 0.690. The lowest BCUT2D eigenvalue weighted by Gasteiger charge is -2.25. The van der Waals surface area contributed by atoms with Crippen LogP contribution in [0.4, 0.5) is 0 Å². The van der Waals surface area contributed by atoms with Gasteiger partial charge in [0.1, 0.15) is 11.4 Å². The van der Waals surface area contributed by atoms with Crippen molar-refractivity contribution >= 4 is 17.0 Å². The molecule has 0 fully saturated rings. The lowest BCUT2D eigenvalue weighted by atomic mass is 10.0. The minimum absolute atomic E-state index is 0.360. The molecule has 0 radical (unpaired) electrons. The highest BCUT2D eigenvalue weighted by molar-refractivity contribution is 5.85. The molecule has 6 heteroatoms. The average molecular weight is 320 g/mol. The van der Waals surface area contributed by atoms with Crippen LogP contribution in [0.2, 0.25) is 0 Å². The van der Waals surface area contributed by atoms with Gasteiger partial charge in [-0.15, -0.1) is 0 Å². The lowest BCUT2D eigenvalue weighted by Crippen LogP contribution is -2.37. The Balaban J connectivity index is 2.81. The standard InChI is InChI=1S/C17H24N2O4/c1-10(2)7-15-18-11-8-13(22-5)14(23-6)9-12(11)19(15)17(3,4)16(20)21/h8-10H,7H2,1-6H3,(H,20,21). The Hall–Kier alpha value is -2.24. The van der Waals surface area contributed by atoms with Gasteiger partial charge in [-0.3, -0.25) is 0 Å². The molecule has 1 N–H and O–H groups in total. The van der Waals surface area contributed by atoms with Crippen molar-refractivity contribution in [2.24, 2.45) is 5.92 Å². The summed E-state index contributed by atoms with van der Waals surface area (Å²) in [6.45, 7) is 7.52. The van der Waals surface area contributed by atoms with Crippen LogP contribution in [0.1, 0.15) is 33.5 Å². The molecule has 0 saturated heterocycles. The smallest absolute Gasteiger partial charge is 0.329 e. The number of carbonyl (C=O) groups is 1. The van der Waals surface area contributed by atoms with Gasteiger partial charge in [-0.05, 0) is 19.8 Å². The van der Waals surface area contributed by atoms with Crippen molar-refractivity contribution in [3.8, 4) is 11.5 Å². The molecular formula is C17H24N2O4. The summed E-state index contributed by atoms with van der Waals surface area (Å²) in [5, 5.41) is 9.65. The topological polar surface area (TPSA) is 73.6 Å². The van der Waals surface area contributed by atoms with E-state index in [4.69, 9.17) is 9.47 Å². The summed E-state index contributed by atoms with van der Waals surface area (Å²) >= 11 is 0. The van der Waals surface area contributed by atoms with Gasteiger partial charge in [-0.1, -0.05) is 13.8 Å². The fourth-order valence-corrected chi connectivity index (χ4v) is 2.68. The molecule has 2 aromatic rings. The minimum Gasteiger partial charge on any atom is -0.493 e. The number of aliphatic carboxylic acids is 1. The summed E-state index contributed by atoms with van der Waals surface area (Å²) < 4.78 is 12.5. The summed E-state index contributed by atoms with van der Waals surface area (Å²) in [5.74, 6) is 1.33. The van der Waals surface area contributed by atoms with Crippen molar-refractivity contribution in [2.75, 3.05) is 14.2 Å². The maximum Gasteiger partial charge on any atom is 0.329 e. The first-order chi connectivity index (χ1) is 10.7. The summed E-state index contributed by atoms with van der Waals surface area (Å²) in [5.41, 5.74) is 0.316. The van der Waals surface area contributed by atoms with E-state index in [1.165, 1.54) is 0 Å². The van der Waals surface area contributed by atoms with E-state index in [0.717, 1.165) is 11.3 Å². The van der Waals surface area contributed by atoms with Gasteiger partial charge >= 0.3 is 5.97 Å². The number of carboxylic acids is 1. The van der Waals surface area contributed by atoms with Crippen LogP contribution in [0.25, 0.3) is 11.0 Å². The molecule has 0 aliphatic carbocycles. The van der Waals surface area contributed by atoms with Crippen molar-refractivity contribution in [1.29, 1.82) is 0 Å². The Bertz CT molecular complexity index is 732. The first-order valence-electron chi connectivity index (χ1n) is 7.59. The number of hydrogen-bond donors (Lipinski definition) is 1. The molecule has 0 unspecified atom stereocenters. The quantitative estimate of drug-likeness (QED) is 0.885. The zero-order valence-electron chi connectivity index (χ0n) is 14.5. The monoisotopic (exact) mass is 320 g/mol. The molecule has 6 nitrogen and oxygen atoms in total. The highest BCUT2D eigenvalue weighted by Crippen LogP contribution is 2.35. The second-order valence-corrected chi connectivity index (χ2v) is 6.52. The maximum absolute atomic E-state index is 11.8. The Labute approximate surface area is 136 Å². The Morgan fingerprint density at radius 1 is 1.26 bits per heavy atom. The first kappa shape index (κ1) is 17.1. The molecule has 126 valence electrons. The van der Waals surface area contributed by atoms with E-state index in [-0.39, 0.29) is 0 Å². The van der Waals surface area contributed by atoms with Crippen molar-refractivity contribution in [1.82, 2.24) is 9.55 Å². The van der Waals surface area contributed by atoms with Gasteiger partial charge in [-0.25, -0.2) is 9.78 Å². The number of ether oxygens (including phenoxy) is 2. The molecule has 23 heavy (non-hydrogen) atoms. The van der Waals surface area contributed by atoms with Crippen LogP contribution in [0.3, 0.4) is 0 Å². The van der Waals surface area contributed by atoms with Crippen molar-refractivity contribution in [2.45, 2.75) is 39.7 Å². The van der Waals surface area contributed by atoms with Gasteiger partial charge in [0.05, 0.1) is 25.3 Å². The predicted octanol–water partition coefficient (Wildman–Crippen LogP) is 3.07. The summed E-state index contributed by atoms with van der Waals surface area (Å²) in [4.78, 5) is 16.4. The number of rotatable bonds is 6. The van der Waals surface area contributed by atoms with Gasteiger partial charge in [0.15, 0.2) is 11.5 Å². The third-order valence-corrected chi connectivity index (χ3v) is 3.90. The predicted molar refractivity (Wildman–Crippen MR) is 88.3 cm³/mol. The van der Waals surface area contributed by atoms with Gasteiger partial charge in [0.2, 0.25) is 0 Å². The van der Waals surface area contributed by atoms with Crippen molar-refractivity contribution in [3.63, 3.8) is 0 Å². The second kappa shape index (κ2) is 6.10. The average Bonchev–Trinajstić information content (AvgIpc) is 2.81. The van der Waals surface area contributed by atoms with Crippen LogP contribution in [0.5, 0.6) is 11.5 Å². The van der Waals surface area contributed by atoms with E-state index in [1.54, 1.807) is 44.8 Å². The van der Waals surface area contributed by atoms with Crippen LogP contribution in [-0.2, 0) is 16.8 Å². The maximum atomic E-state index is 11.8. The zero-order valence-corrected chi connectivity index (χ0v) is 14.5. The fraction of sp³-hybridized carbons (Fsp3) is 0.529.